The van der Waals surface area contributed by atoms with Gasteiger partial charge in [-0.1, -0.05) is 18.2 Å². The Hall–Kier alpha value is -3.17. The number of hydrogen-bond acceptors (Lipinski definition) is 4. The summed E-state index contributed by atoms with van der Waals surface area (Å²) < 4.78 is 26.2. The fourth-order valence-electron chi connectivity index (χ4n) is 2.63. The minimum atomic E-state index is -3.43. The first-order chi connectivity index (χ1) is 14.3. The van der Waals surface area contributed by atoms with Crippen molar-refractivity contribution in [2.75, 3.05) is 17.2 Å². The van der Waals surface area contributed by atoms with E-state index in [1.54, 1.807) is 48.5 Å². The Balaban J connectivity index is 1.53. The van der Waals surface area contributed by atoms with E-state index in [1.165, 1.54) is 6.08 Å². The molecule has 2 aromatic carbocycles. The second-order valence-corrected chi connectivity index (χ2v) is 8.80. The van der Waals surface area contributed by atoms with Crippen molar-refractivity contribution < 1.29 is 18.0 Å². The molecule has 0 heterocycles. The van der Waals surface area contributed by atoms with Gasteiger partial charge in [-0.05, 0) is 54.8 Å². The van der Waals surface area contributed by atoms with Crippen LogP contribution in [-0.4, -0.2) is 32.9 Å². The minimum Gasteiger partial charge on any atom is -0.335 e. The summed E-state index contributed by atoms with van der Waals surface area (Å²) in [7, 11) is -3.43. The number of rotatable bonds is 9. The molecule has 1 fully saturated rings. The number of urea groups is 1. The van der Waals surface area contributed by atoms with E-state index in [9.17, 15) is 18.0 Å². The molecule has 1 aliphatic rings. The van der Waals surface area contributed by atoms with Crippen LogP contribution in [0, 0.1) is 0 Å². The van der Waals surface area contributed by atoms with Gasteiger partial charge in [-0.15, -0.1) is 6.58 Å². The van der Waals surface area contributed by atoms with Crippen LogP contribution < -0.4 is 20.7 Å². The van der Waals surface area contributed by atoms with Crippen molar-refractivity contribution in [3.05, 3.63) is 72.3 Å². The molecule has 9 heteroatoms. The molecule has 0 atom stereocenters. The van der Waals surface area contributed by atoms with Crippen LogP contribution >= 0.6 is 0 Å². The van der Waals surface area contributed by atoms with Gasteiger partial charge in [0.25, 0.3) is 5.91 Å². The molecule has 1 saturated carbocycles. The van der Waals surface area contributed by atoms with Crippen molar-refractivity contribution >= 4 is 33.3 Å². The molecule has 30 heavy (non-hydrogen) atoms. The maximum Gasteiger partial charge on any atom is 0.319 e. The number of carbonyl (C=O) groups excluding carboxylic acids is 2. The lowest BCUT2D eigenvalue weighted by Gasteiger charge is -2.09. The zero-order valence-electron chi connectivity index (χ0n) is 16.4. The van der Waals surface area contributed by atoms with E-state index >= 15 is 0 Å². The van der Waals surface area contributed by atoms with E-state index in [0.29, 0.717) is 22.5 Å². The third-order valence-corrected chi connectivity index (χ3v) is 5.65. The van der Waals surface area contributed by atoms with E-state index < -0.39 is 10.0 Å². The zero-order chi connectivity index (χ0) is 21.6. The number of sulfonamides is 1. The number of benzene rings is 2. The molecule has 1 aliphatic carbocycles. The fraction of sp³-hybridized carbons (Fsp3) is 0.238. The molecule has 0 unspecified atom stereocenters. The van der Waals surface area contributed by atoms with Crippen molar-refractivity contribution in [2.45, 2.75) is 24.6 Å². The number of anilines is 2. The highest BCUT2D eigenvalue weighted by molar-refractivity contribution is 7.88. The van der Waals surface area contributed by atoms with Gasteiger partial charge in [0.05, 0.1) is 5.75 Å². The molecule has 8 nitrogen and oxygen atoms in total. The molecule has 2 aromatic rings. The van der Waals surface area contributed by atoms with Crippen LogP contribution in [0.5, 0.6) is 0 Å². The molecule has 0 aromatic heterocycles. The normalized spacial score (nSPS) is 13.3. The van der Waals surface area contributed by atoms with Crippen LogP contribution in [0.3, 0.4) is 0 Å². The Morgan fingerprint density at radius 2 is 1.57 bits per heavy atom. The molecule has 3 rings (SSSR count). The minimum absolute atomic E-state index is 0.155. The standard InChI is InChI=1S/C21H24N4O4S/c1-2-13-22-30(28,29)14-15-3-7-17(8-4-15)23-20(26)16-5-9-18(10-6-16)24-21(27)25-19-11-12-19/h2-10,19,22H,1,11-14H2,(H,23,26)(H2,24,25,27). The first-order valence-corrected chi connectivity index (χ1v) is 11.2. The van der Waals surface area contributed by atoms with Crippen LogP contribution in [0.15, 0.2) is 61.2 Å². The maximum atomic E-state index is 12.4. The zero-order valence-corrected chi connectivity index (χ0v) is 17.2. The van der Waals surface area contributed by atoms with Gasteiger partial charge in [-0.3, -0.25) is 4.79 Å². The summed E-state index contributed by atoms with van der Waals surface area (Å²) in [6, 6.07) is 13.2. The van der Waals surface area contributed by atoms with Crippen LogP contribution in [0.25, 0.3) is 0 Å². The number of hydrogen-bond donors (Lipinski definition) is 4. The summed E-state index contributed by atoms with van der Waals surface area (Å²) in [5, 5.41) is 8.31. The molecule has 0 spiro atoms. The lowest BCUT2D eigenvalue weighted by Crippen LogP contribution is -2.30. The molecular formula is C21H24N4O4S. The van der Waals surface area contributed by atoms with Gasteiger partial charge in [0, 0.05) is 29.5 Å². The monoisotopic (exact) mass is 428 g/mol. The van der Waals surface area contributed by atoms with Crippen LogP contribution in [0.2, 0.25) is 0 Å². The topological polar surface area (TPSA) is 116 Å². The van der Waals surface area contributed by atoms with Crippen LogP contribution in [0.1, 0.15) is 28.8 Å². The molecule has 3 amide bonds. The quantitative estimate of drug-likeness (QED) is 0.460. The number of amides is 3. The number of carbonyl (C=O) groups is 2. The first-order valence-electron chi connectivity index (χ1n) is 9.51. The first kappa shape index (κ1) is 21.5. The molecular weight excluding hydrogens is 404 g/mol. The highest BCUT2D eigenvalue weighted by Gasteiger charge is 2.23. The summed E-state index contributed by atoms with van der Waals surface area (Å²) in [5.74, 6) is -0.463. The van der Waals surface area contributed by atoms with Gasteiger partial charge in [0.2, 0.25) is 10.0 Å². The fourth-order valence-corrected chi connectivity index (χ4v) is 3.73. The third-order valence-electron chi connectivity index (χ3n) is 4.33. The Labute approximate surface area is 175 Å². The van der Waals surface area contributed by atoms with E-state index in [1.807, 2.05) is 0 Å². The van der Waals surface area contributed by atoms with Crippen molar-refractivity contribution in [1.82, 2.24) is 10.0 Å². The van der Waals surface area contributed by atoms with Crippen molar-refractivity contribution in [2.24, 2.45) is 0 Å². The maximum absolute atomic E-state index is 12.4. The SMILES string of the molecule is C=CCNS(=O)(=O)Cc1ccc(NC(=O)c2ccc(NC(=O)NC3CC3)cc2)cc1. The summed E-state index contributed by atoms with van der Waals surface area (Å²) in [6.45, 7) is 3.65. The summed E-state index contributed by atoms with van der Waals surface area (Å²) in [6.07, 6.45) is 3.49. The second kappa shape index (κ2) is 9.55. The lowest BCUT2D eigenvalue weighted by molar-refractivity contribution is 0.102. The summed E-state index contributed by atoms with van der Waals surface area (Å²) in [5.41, 5.74) is 2.18. The molecule has 0 aliphatic heterocycles. The summed E-state index contributed by atoms with van der Waals surface area (Å²) in [4.78, 5) is 24.1. The van der Waals surface area contributed by atoms with Gasteiger partial charge in [0.1, 0.15) is 0 Å². The van der Waals surface area contributed by atoms with E-state index in [0.717, 1.165) is 12.8 Å². The molecule has 158 valence electrons. The van der Waals surface area contributed by atoms with Gasteiger partial charge in [-0.25, -0.2) is 17.9 Å². The number of nitrogens with one attached hydrogen (secondary N) is 4. The molecule has 0 bridgehead atoms. The molecule has 4 N–H and O–H groups in total. The van der Waals surface area contributed by atoms with Crippen molar-refractivity contribution in [1.29, 1.82) is 0 Å². The second-order valence-electron chi connectivity index (χ2n) is 7.00. The Bertz CT molecular complexity index is 1010. The van der Waals surface area contributed by atoms with Gasteiger partial charge >= 0.3 is 6.03 Å². The largest absolute Gasteiger partial charge is 0.335 e. The molecule has 0 radical (unpaired) electrons. The Morgan fingerprint density at radius 1 is 0.967 bits per heavy atom. The summed E-state index contributed by atoms with van der Waals surface area (Å²) >= 11 is 0. The average molecular weight is 429 g/mol. The van der Waals surface area contributed by atoms with E-state index in [-0.39, 0.29) is 30.3 Å². The van der Waals surface area contributed by atoms with Gasteiger partial charge < -0.3 is 16.0 Å². The van der Waals surface area contributed by atoms with Gasteiger partial charge in [0.15, 0.2) is 0 Å². The highest BCUT2D eigenvalue weighted by Crippen LogP contribution is 2.19. The predicted molar refractivity (Wildman–Crippen MR) is 117 cm³/mol. The van der Waals surface area contributed by atoms with Crippen molar-refractivity contribution in [3.63, 3.8) is 0 Å². The van der Waals surface area contributed by atoms with E-state index in [4.69, 9.17) is 0 Å². The van der Waals surface area contributed by atoms with Gasteiger partial charge in [-0.2, -0.15) is 0 Å². The lowest BCUT2D eigenvalue weighted by atomic mass is 10.1. The molecule has 0 saturated heterocycles. The van der Waals surface area contributed by atoms with E-state index in [2.05, 4.69) is 27.3 Å². The average Bonchev–Trinajstić information content (AvgIpc) is 3.52. The Morgan fingerprint density at radius 3 is 2.17 bits per heavy atom. The highest BCUT2D eigenvalue weighted by atomic mass is 32.2. The van der Waals surface area contributed by atoms with Crippen LogP contribution in [-0.2, 0) is 15.8 Å². The Kier molecular flexibility index (Phi) is 6.86. The third kappa shape index (κ3) is 6.71. The van der Waals surface area contributed by atoms with Crippen LogP contribution in [0.4, 0.5) is 16.2 Å². The predicted octanol–water partition coefficient (Wildman–Crippen LogP) is 2.83. The smallest absolute Gasteiger partial charge is 0.319 e. The van der Waals surface area contributed by atoms with Crippen molar-refractivity contribution in [3.8, 4) is 0 Å².